The van der Waals surface area contributed by atoms with Gasteiger partial charge in [0.05, 0.1) is 14.2 Å². The first kappa shape index (κ1) is 18.1. The Kier molecular flexibility index (Phi) is 5.84. The lowest BCUT2D eigenvalue weighted by Crippen LogP contribution is -2.31. The molecule has 0 aliphatic rings. The van der Waals surface area contributed by atoms with Gasteiger partial charge in [-0.2, -0.15) is 0 Å². The van der Waals surface area contributed by atoms with Crippen LogP contribution in [0.15, 0.2) is 42.5 Å². The molecule has 0 radical (unpaired) electrons. The number of methoxy groups -OCH3 is 2. The molecule has 2 aromatic rings. The zero-order chi connectivity index (χ0) is 18.4. The van der Waals surface area contributed by atoms with Crippen molar-refractivity contribution >= 4 is 23.2 Å². The van der Waals surface area contributed by atoms with E-state index in [2.05, 4.69) is 10.6 Å². The average Bonchev–Trinajstić information content (AvgIpc) is 2.61. The van der Waals surface area contributed by atoms with Crippen LogP contribution in [0.1, 0.15) is 17.3 Å². The molecule has 0 aliphatic heterocycles. The Morgan fingerprint density at radius 1 is 0.960 bits per heavy atom. The molecule has 2 amide bonds. The van der Waals surface area contributed by atoms with Gasteiger partial charge in [0.2, 0.25) is 11.8 Å². The Balaban J connectivity index is 2.03. The van der Waals surface area contributed by atoms with Crippen molar-refractivity contribution in [2.24, 2.45) is 5.73 Å². The predicted octanol–water partition coefficient (Wildman–Crippen LogP) is 2.24. The summed E-state index contributed by atoms with van der Waals surface area (Å²) < 4.78 is 10.4. The fraction of sp³-hybridized carbons (Fsp3) is 0.222. The molecule has 2 aromatic carbocycles. The third-order valence-electron chi connectivity index (χ3n) is 3.56. The molecule has 2 rings (SSSR count). The monoisotopic (exact) mass is 343 g/mol. The van der Waals surface area contributed by atoms with Crippen molar-refractivity contribution in [3.8, 4) is 11.5 Å². The quantitative estimate of drug-likeness (QED) is 0.715. The minimum absolute atomic E-state index is 0.228. The second kappa shape index (κ2) is 8.05. The molecule has 0 aliphatic carbocycles. The molecule has 0 aromatic heterocycles. The first-order valence-corrected chi connectivity index (χ1v) is 7.63. The summed E-state index contributed by atoms with van der Waals surface area (Å²) in [6.07, 6.45) is 0. The summed E-state index contributed by atoms with van der Waals surface area (Å²) in [6, 6.07) is 11.1. The number of carbonyl (C=O) groups is 2. The maximum absolute atomic E-state index is 12.3. The molecular formula is C18H21N3O4. The average molecular weight is 343 g/mol. The van der Waals surface area contributed by atoms with E-state index in [4.69, 9.17) is 15.2 Å². The third kappa shape index (κ3) is 4.87. The summed E-state index contributed by atoms with van der Waals surface area (Å²) in [5.41, 5.74) is 6.84. The largest absolute Gasteiger partial charge is 0.497 e. The molecule has 0 heterocycles. The number of nitrogens with one attached hydrogen (secondary N) is 2. The highest BCUT2D eigenvalue weighted by Gasteiger charge is 2.14. The molecule has 25 heavy (non-hydrogen) atoms. The molecule has 7 nitrogen and oxygen atoms in total. The maximum Gasteiger partial charge on any atom is 0.248 e. The van der Waals surface area contributed by atoms with E-state index in [0.29, 0.717) is 28.4 Å². The second-order valence-corrected chi connectivity index (χ2v) is 5.40. The van der Waals surface area contributed by atoms with Crippen molar-refractivity contribution in [2.75, 3.05) is 24.9 Å². The molecule has 4 N–H and O–H groups in total. The zero-order valence-corrected chi connectivity index (χ0v) is 14.3. The number of primary amides is 1. The Morgan fingerprint density at radius 3 is 2.00 bits per heavy atom. The highest BCUT2D eigenvalue weighted by Crippen LogP contribution is 2.26. The summed E-state index contributed by atoms with van der Waals surface area (Å²) in [4.78, 5) is 23.4. The fourth-order valence-corrected chi connectivity index (χ4v) is 2.17. The third-order valence-corrected chi connectivity index (χ3v) is 3.56. The molecule has 7 heteroatoms. The van der Waals surface area contributed by atoms with Crippen molar-refractivity contribution < 1.29 is 19.1 Å². The van der Waals surface area contributed by atoms with E-state index < -0.39 is 11.9 Å². The molecule has 1 atom stereocenters. The molecule has 0 saturated carbocycles. The molecule has 0 fully saturated rings. The van der Waals surface area contributed by atoms with Crippen LogP contribution in [-0.2, 0) is 4.79 Å². The van der Waals surface area contributed by atoms with Gasteiger partial charge in [-0.05, 0) is 31.2 Å². The Labute approximate surface area is 146 Å². The Morgan fingerprint density at radius 2 is 1.52 bits per heavy atom. The summed E-state index contributed by atoms with van der Waals surface area (Å²) in [7, 11) is 3.12. The van der Waals surface area contributed by atoms with Gasteiger partial charge in [0, 0.05) is 35.1 Å². The summed E-state index contributed by atoms with van der Waals surface area (Å²) >= 11 is 0. The van der Waals surface area contributed by atoms with Crippen LogP contribution >= 0.6 is 0 Å². The van der Waals surface area contributed by atoms with E-state index in [1.54, 1.807) is 63.6 Å². The molecule has 0 unspecified atom stereocenters. The van der Waals surface area contributed by atoms with Gasteiger partial charge in [-0.15, -0.1) is 0 Å². The van der Waals surface area contributed by atoms with Gasteiger partial charge in [-0.1, -0.05) is 0 Å². The number of ether oxygens (including phenoxy) is 2. The number of benzene rings is 2. The zero-order valence-electron chi connectivity index (χ0n) is 14.3. The van der Waals surface area contributed by atoms with E-state index in [9.17, 15) is 9.59 Å². The smallest absolute Gasteiger partial charge is 0.248 e. The Hall–Kier alpha value is -3.22. The molecule has 132 valence electrons. The highest BCUT2D eigenvalue weighted by molar-refractivity contribution is 5.97. The number of hydrogen-bond donors (Lipinski definition) is 3. The molecule has 0 saturated heterocycles. The van der Waals surface area contributed by atoms with E-state index in [0.717, 1.165) is 0 Å². The van der Waals surface area contributed by atoms with Crippen molar-refractivity contribution in [1.82, 2.24) is 0 Å². The minimum Gasteiger partial charge on any atom is -0.497 e. The molecular weight excluding hydrogens is 322 g/mol. The van der Waals surface area contributed by atoms with Crippen molar-refractivity contribution in [3.63, 3.8) is 0 Å². The lowest BCUT2D eigenvalue weighted by atomic mass is 10.2. The lowest BCUT2D eigenvalue weighted by molar-refractivity contribution is -0.116. The number of amides is 2. The lowest BCUT2D eigenvalue weighted by Gasteiger charge is -2.17. The van der Waals surface area contributed by atoms with Crippen molar-refractivity contribution in [2.45, 2.75) is 13.0 Å². The van der Waals surface area contributed by atoms with E-state index in [1.165, 1.54) is 0 Å². The van der Waals surface area contributed by atoms with Gasteiger partial charge in [-0.3, -0.25) is 9.59 Å². The fourth-order valence-electron chi connectivity index (χ4n) is 2.17. The Bertz CT molecular complexity index is 737. The van der Waals surface area contributed by atoms with Crippen LogP contribution in [0.25, 0.3) is 0 Å². The van der Waals surface area contributed by atoms with Crippen LogP contribution in [-0.4, -0.2) is 32.1 Å². The highest BCUT2D eigenvalue weighted by atomic mass is 16.5. The standard InChI is InChI=1S/C18H21N3O4/c1-11(20-14-8-15(24-2)10-16(9-14)25-3)18(23)21-13-6-4-12(5-7-13)17(19)22/h4-11,20H,1-3H3,(H2,19,22)(H,21,23)/t11-/m1/s1. The van der Waals surface area contributed by atoms with Crippen molar-refractivity contribution in [1.29, 1.82) is 0 Å². The van der Waals surface area contributed by atoms with Crippen LogP contribution in [0.5, 0.6) is 11.5 Å². The van der Waals surface area contributed by atoms with E-state index >= 15 is 0 Å². The predicted molar refractivity (Wildman–Crippen MR) is 96.2 cm³/mol. The van der Waals surface area contributed by atoms with Gasteiger partial charge in [-0.25, -0.2) is 0 Å². The minimum atomic E-state index is -0.514. The first-order chi connectivity index (χ1) is 11.9. The van der Waals surface area contributed by atoms with Gasteiger partial charge in [0.1, 0.15) is 17.5 Å². The van der Waals surface area contributed by atoms with Crippen LogP contribution in [0.4, 0.5) is 11.4 Å². The SMILES string of the molecule is COc1cc(N[C@H](C)C(=O)Nc2ccc(C(N)=O)cc2)cc(OC)c1. The van der Waals surface area contributed by atoms with Crippen LogP contribution in [0.3, 0.4) is 0 Å². The molecule has 0 spiro atoms. The van der Waals surface area contributed by atoms with Crippen LogP contribution in [0.2, 0.25) is 0 Å². The second-order valence-electron chi connectivity index (χ2n) is 5.40. The molecule has 0 bridgehead atoms. The van der Waals surface area contributed by atoms with E-state index in [-0.39, 0.29) is 5.91 Å². The topological polar surface area (TPSA) is 103 Å². The first-order valence-electron chi connectivity index (χ1n) is 7.63. The van der Waals surface area contributed by atoms with Gasteiger partial charge in [0.25, 0.3) is 0 Å². The number of hydrogen-bond acceptors (Lipinski definition) is 5. The van der Waals surface area contributed by atoms with Crippen LogP contribution in [0, 0.1) is 0 Å². The number of carbonyl (C=O) groups excluding carboxylic acids is 2. The normalized spacial score (nSPS) is 11.3. The summed E-state index contributed by atoms with van der Waals surface area (Å²) in [5.74, 6) is 0.501. The van der Waals surface area contributed by atoms with Crippen LogP contribution < -0.4 is 25.8 Å². The summed E-state index contributed by atoms with van der Waals surface area (Å²) in [5, 5.41) is 5.86. The number of nitrogens with two attached hydrogens (primary N) is 1. The summed E-state index contributed by atoms with van der Waals surface area (Å²) in [6.45, 7) is 1.74. The van der Waals surface area contributed by atoms with Crippen molar-refractivity contribution in [3.05, 3.63) is 48.0 Å². The maximum atomic E-state index is 12.3. The van der Waals surface area contributed by atoms with Gasteiger partial charge in [0.15, 0.2) is 0 Å². The van der Waals surface area contributed by atoms with Gasteiger partial charge < -0.3 is 25.8 Å². The van der Waals surface area contributed by atoms with Gasteiger partial charge >= 0.3 is 0 Å². The number of anilines is 2. The van der Waals surface area contributed by atoms with E-state index in [1.807, 2.05) is 0 Å². The number of rotatable bonds is 7.